The highest BCUT2D eigenvalue weighted by Crippen LogP contribution is 2.21. The minimum absolute atomic E-state index is 0.0350. The largest absolute Gasteiger partial charge is 0.343 e. The van der Waals surface area contributed by atoms with Crippen molar-refractivity contribution in [3.8, 4) is 0 Å². The second kappa shape index (κ2) is 7.96. The number of benzene rings is 1. The molecule has 0 radical (unpaired) electrons. The first-order valence-electron chi connectivity index (χ1n) is 8.58. The number of imidazole rings is 1. The summed E-state index contributed by atoms with van der Waals surface area (Å²) in [6.07, 6.45) is 0. The normalized spacial score (nSPS) is 12.0. The first kappa shape index (κ1) is 18.7. The van der Waals surface area contributed by atoms with E-state index in [-0.39, 0.29) is 24.4 Å². The quantitative estimate of drug-likeness (QED) is 0.787. The number of para-hydroxylation sites is 2. The second-order valence-corrected chi connectivity index (χ2v) is 6.09. The number of carbonyl (C=O) groups is 2. The van der Waals surface area contributed by atoms with Crippen LogP contribution in [0.15, 0.2) is 36.4 Å². The molecule has 0 saturated heterocycles. The van der Waals surface area contributed by atoms with Gasteiger partial charge in [0.25, 0.3) is 0 Å². The van der Waals surface area contributed by atoms with Crippen LogP contribution < -0.4 is 5.32 Å². The van der Waals surface area contributed by atoms with Crippen LogP contribution in [0.4, 0.5) is 0 Å². The van der Waals surface area contributed by atoms with Crippen LogP contribution >= 0.6 is 0 Å². The summed E-state index contributed by atoms with van der Waals surface area (Å²) in [4.78, 5) is 31.0. The van der Waals surface area contributed by atoms with Gasteiger partial charge in [-0.05, 0) is 39.8 Å². The predicted octanol–water partition coefficient (Wildman–Crippen LogP) is 2.66. The molecule has 0 aliphatic rings. The average molecular weight is 342 g/mol. The Morgan fingerprint density at radius 3 is 2.52 bits per heavy atom. The molecule has 6 heteroatoms. The Morgan fingerprint density at radius 1 is 1.28 bits per heavy atom. The lowest BCUT2D eigenvalue weighted by Gasteiger charge is -2.21. The highest BCUT2D eigenvalue weighted by atomic mass is 16.2. The summed E-state index contributed by atoms with van der Waals surface area (Å²) >= 11 is 0. The fourth-order valence-corrected chi connectivity index (χ4v) is 2.79. The summed E-state index contributed by atoms with van der Waals surface area (Å²) in [6, 6.07) is 7.34. The molecule has 25 heavy (non-hydrogen) atoms. The molecule has 1 N–H and O–H groups in total. The van der Waals surface area contributed by atoms with Crippen LogP contribution in [-0.4, -0.2) is 39.4 Å². The molecular weight excluding hydrogens is 316 g/mol. The Kier molecular flexibility index (Phi) is 5.96. The highest BCUT2D eigenvalue weighted by Gasteiger charge is 2.21. The zero-order valence-electron chi connectivity index (χ0n) is 15.4. The molecule has 1 atom stereocenters. The van der Waals surface area contributed by atoms with Gasteiger partial charge < -0.3 is 14.8 Å². The van der Waals surface area contributed by atoms with E-state index in [0.29, 0.717) is 24.5 Å². The van der Waals surface area contributed by atoms with Crippen LogP contribution in [0.25, 0.3) is 11.0 Å². The number of aromatic nitrogens is 2. The summed E-state index contributed by atoms with van der Waals surface area (Å²) in [5.41, 5.74) is 2.13. The standard InChI is InChI=1S/C19H26N4O2/c1-6-22(7-2)17(24)12-23-16-11-9-8-10-15(16)21-18(23)14(5)20-19(25)13(3)4/h8-11,14H,3,6-7,12H2,1-2,4-5H3,(H,20,25). The molecule has 0 fully saturated rings. The van der Waals surface area contributed by atoms with Crippen molar-refractivity contribution in [2.24, 2.45) is 0 Å². The zero-order valence-corrected chi connectivity index (χ0v) is 15.4. The first-order chi connectivity index (χ1) is 11.9. The molecule has 6 nitrogen and oxygen atoms in total. The van der Waals surface area contributed by atoms with Gasteiger partial charge in [-0.1, -0.05) is 18.7 Å². The summed E-state index contributed by atoms with van der Waals surface area (Å²) < 4.78 is 1.89. The van der Waals surface area contributed by atoms with Crippen molar-refractivity contribution in [3.63, 3.8) is 0 Å². The third kappa shape index (κ3) is 4.07. The lowest BCUT2D eigenvalue weighted by Crippen LogP contribution is -2.35. The monoisotopic (exact) mass is 342 g/mol. The average Bonchev–Trinajstić information content (AvgIpc) is 2.94. The number of fused-ring (bicyclic) bond motifs is 1. The van der Waals surface area contributed by atoms with Gasteiger partial charge in [0, 0.05) is 18.7 Å². The molecule has 0 aliphatic heterocycles. The molecule has 2 amide bonds. The van der Waals surface area contributed by atoms with Gasteiger partial charge in [0.2, 0.25) is 11.8 Å². The number of hydrogen-bond donors (Lipinski definition) is 1. The number of hydrogen-bond acceptors (Lipinski definition) is 3. The van der Waals surface area contributed by atoms with E-state index in [1.54, 1.807) is 11.8 Å². The van der Waals surface area contributed by atoms with E-state index in [1.807, 2.05) is 49.6 Å². The number of amides is 2. The highest BCUT2D eigenvalue weighted by molar-refractivity contribution is 5.92. The molecule has 1 heterocycles. The third-order valence-electron chi connectivity index (χ3n) is 4.22. The SMILES string of the molecule is C=C(C)C(=O)NC(C)c1nc2ccccc2n1CC(=O)N(CC)CC. The van der Waals surface area contributed by atoms with Gasteiger partial charge >= 0.3 is 0 Å². The second-order valence-electron chi connectivity index (χ2n) is 6.09. The number of nitrogens with zero attached hydrogens (tertiary/aromatic N) is 3. The summed E-state index contributed by atoms with van der Waals surface area (Å²) in [6.45, 7) is 12.6. The fourth-order valence-electron chi connectivity index (χ4n) is 2.79. The van der Waals surface area contributed by atoms with Gasteiger partial charge in [-0.25, -0.2) is 4.98 Å². The molecule has 0 bridgehead atoms. The Balaban J connectivity index is 2.40. The topological polar surface area (TPSA) is 67.2 Å². The van der Waals surface area contributed by atoms with Crippen molar-refractivity contribution >= 4 is 22.8 Å². The van der Waals surface area contributed by atoms with Crippen LogP contribution in [0.1, 0.15) is 39.6 Å². The van der Waals surface area contributed by atoms with E-state index in [4.69, 9.17) is 0 Å². The third-order valence-corrected chi connectivity index (χ3v) is 4.22. The molecule has 2 rings (SSSR count). The summed E-state index contributed by atoms with van der Waals surface area (Å²) in [7, 11) is 0. The van der Waals surface area contributed by atoms with Gasteiger partial charge in [0.05, 0.1) is 17.1 Å². The molecule has 1 aromatic heterocycles. The Labute approximate surface area is 148 Å². The van der Waals surface area contributed by atoms with E-state index in [2.05, 4.69) is 16.9 Å². The fraction of sp³-hybridized carbons (Fsp3) is 0.421. The smallest absolute Gasteiger partial charge is 0.246 e. The number of rotatable bonds is 7. The van der Waals surface area contributed by atoms with E-state index in [9.17, 15) is 9.59 Å². The van der Waals surface area contributed by atoms with Gasteiger partial charge in [0.15, 0.2) is 0 Å². The van der Waals surface area contributed by atoms with E-state index < -0.39 is 0 Å². The van der Waals surface area contributed by atoms with Crippen LogP contribution in [0.5, 0.6) is 0 Å². The van der Waals surface area contributed by atoms with Gasteiger partial charge in [0.1, 0.15) is 12.4 Å². The van der Waals surface area contributed by atoms with E-state index in [1.165, 1.54) is 0 Å². The number of carbonyl (C=O) groups excluding carboxylic acids is 2. The van der Waals surface area contributed by atoms with Crippen LogP contribution in [0, 0.1) is 0 Å². The maximum atomic E-state index is 12.6. The van der Waals surface area contributed by atoms with Crippen molar-refractivity contribution in [2.45, 2.75) is 40.3 Å². The van der Waals surface area contributed by atoms with Gasteiger partial charge in [-0.3, -0.25) is 9.59 Å². The molecule has 134 valence electrons. The molecule has 1 aromatic carbocycles. The zero-order chi connectivity index (χ0) is 18.6. The lowest BCUT2D eigenvalue weighted by atomic mass is 10.2. The number of likely N-dealkylation sites (N-methyl/N-ethyl adjacent to an activating group) is 1. The molecular formula is C19H26N4O2. The minimum atomic E-state index is -0.332. The Morgan fingerprint density at radius 2 is 1.92 bits per heavy atom. The predicted molar refractivity (Wildman–Crippen MR) is 99.0 cm³/mol. The molecule has 2 aromatic rings. The van der Waals surface area contributed by atoms with Crippen molar-refractivity contribution in [2.75, 3.05) is 13.1 Å². The van der Waals surface area contributed by atoms with Gasteiger partial charge in [-0.15, -0.1) is 0 Å². The summed E-state index contributed by atoms with van der Waals surface area (Å²) in [5, 5.41) is 2.88. The molecule has 1 unspecified atom stereocenters. The maximum Gasteiger partial charge on any atom is 0.246 e. The number of nitrogens with one attached hydrogen (secondary N) is 1. The summed E-state index contributed by atoms with van der Waals surface area (Å²) in [5.74, 6) is 0.477. The minimum Gasteiger partial charge on any atom is -0.343 e. The molecule has 0 aliphatic carbocycles. The van der Waals surface area contributed by atoms with Crippen molar-refractivity contribution in [1.29, 1.82) is 0 Å². The molecule has 0 spiro atoms. The maximum absolute atomic E-state index is 12.6. The van der Waals surface area contributed by atoms with E-state index in [0.717, 1.165) is 11.0 Å². The van der Waals surface area contributed by atoms with Crippen molar-refractivity contribution in [1.82, 2.24) is 19.8 Å². The van der Waals surface area contributed by atoms with Crippen molar-refractivity contribution in [3.05, 3.63) is 42.2 Å². The molecule has 0 saturated carbocycles. The first-order valence-corrected chi connectivity index (χ1v) is 8.58. The van der Waals surface area contributed by atoms with E-state index >= 15 is 0 Å². The Bertz CT molecular complexity index is 790. The van der Waals surface area contributed by atoms with Gasteiger partial charge in [-0.2, -0.15) is 0 Å². The lowest BCUT2D eigenvalue weighted by molar-refractivity contribution is -0.131. The van der Waals surface area contributed by atoms with Crippen molar-refractivity contribution < 1.29 is 9.59 Å². The Hall–Kier alpha value is -2.63. The van der Waals surface area contributed by atoms with Crippen LogP contribution in [0.3, 0.4) is 0 Å². The van der Waals surface area contributed by atoms with Crippen LogP contribution in [0.2, 0.25) is 0 Å². The van der Waals surface area contributed by atoms with Crippen LogP contribution in [-0.2, 0) is 16.1 Å².